The van der Waals surface area contributed by atoms with Crippen LogP contribution in [-0.4, -0.2) is 26.0 Å². The monoisotopic (exact) mass is 335 g/mol. The predicted molar refractivity (Wildman–Crippen MR) is 88.0 cm³/mol. The molecule has 0 fully saturated rings. The van der Waals surface area contributed by atoms with Crippen LogP contribution in [0.15, 0.2) is 34.9 Å². The van der Waals surface area contributed by atoms with Crippen molar-refractivity contribution in [1.82, 2.24) is 15.5 Å². The topological polar surface area (TPSA) is 85.1 Å². The van der Waals surface area contributed by atoms with E-state index in [9.17, 15) is 9.00 Å². The van der Waals surface area contributed by atoms with Crippen LogP contribution in [0.5, 0.6) is 0 Å². The van der Waals surface area contributed by atoms with E-state index in [1.165, 1.54) is 0 Å². The number of aryl methyl sites for hydroxylation is 1. The molecule has 0 aliphatic heterocycles. The van der Waals surface area contributed by atoms with Gasteiger partial charge in [-0.2, -0.15) is 4.98 Å². The Morgan fingerprint density at radius 2 is 2.09 bits per heavy atom. The number of hydrogen-bond donors (Lipinski definition) is 1. The summed E-state index contributed by atoms with van der Waals surface area (Å²) in [5.74, 6) is 0.726. The van der Waals surface area contributed by atoms with Crippen LogP contribution in [0.25, 0.3) is 0 Å². The van der Waals surface area contributed by atoms with Gasteiger partial charge in [-0.05, 0) is 18.9 Å². The standard InChI is InChI=1S/C16H21N3O3S/c1-3-7-16-18-14(19-22-16)10-23(21)11-15(20)17-12(2)13-8-5-4-6-9-13/h4-6,8-9,12H,3,7,10-11H2,1-2H3,(H,17,20)/t12-,23+/m1/s1. The molecule has 1 amide bonds. The van der Waals surface area contributed by atoms with Gasteiger partial charge in [0, 0.05) is 17.2 Å². The molecule has 0 bridgehead atoms. The number of rotatable bonds is 8. The van der Waals surface area contributed by atoms with E-state index >= 15 is 0 Å². The fourth-order valence-electron chi connectivity index (χ4n) is 2.11. The molecule has 0 spiro atoms. The van der Waals surface area contributed by atoms with E-state index < -0.39 is 10.8 Å². The van der Waals surface area contributed by atoms with Gasteiger partial charge in [0.1, 0.15) is 5.75 Å². The van der Waals surface area contributed by atoms with Crippen molar-refractivity contribution in [2.24, 2.45) is 0 Å². The SMILES string of the molecule is CCCc1nc(C[S@](=O)CC(=O)N[C@H](C)c2ccccc2)no1. The van der Waals surface area contributed by atoms with Crippen LogP contribution in [0.2, 0.25) is 0 Å². The highest BCUT2D eigenvalue weighted by Crippen LogP contribution is 2.11. The molecule has 1 aromatic heterocycles. The summed E-state index contributed by atoms with van der Waals surface area (Å²) < 4.78 is 17.1. The Morgan fingerprint density at radius 1 is 1.35 bits per heavy atom. The molecule has 1 heterocycles. The minimum Gasteiger partial charge on any atom is -0.349 e. The Labute approximate surface area is 138 Å². The number of amides is 1. The molecule has 0 saturated heterocycles. The maximum atomic E-state index is 12.0. The number of aromatic nitrogens is 2. The zero-order valence-electron chi connectivity index (χ0n) is 13.3. The summed E-state index contributed by atoms with van der Waals surface area (Å²) in [6, 6.07) is 9.51. The fraction of sp³-hybridized carbons (Fsp3) is 0.438. The third-order valence-corrected chi connectivity index (χ3v) is 4.40. The van der Waals surface area contributed by atoms with Gasteiger partial charge in [0.25, 0.3) is 0 Å². The van der Waals surface area contributed by atoms with Crippen molar-refractivity contribution < 1.29 is 13.5 Å². The number of carbonyl (C=O) groups is 1. The van der Waals surface area contributed by atoms with Crippen molar-refractivity contribution in [1.29, 1.82) is 0 Å². The summed E-state index contributed by atoms with van der Waals surface area (Å²) >= 11 is 0. The van der Waals surface area contributed by atoms with Crippen molar-refractivity contribution in [2.45, 2.75) is 38.5 Å². The van der Waals surface area contributed by atoms with Crippen LogP contribution >= 0.6 is 0 Å². The van der Waals surface area contributed by atoms with E-state index in [0.717, 1.165) is 12.0 Å². The molecular weight excluding hydrogens is 314 g/mol. The second-order valence-electron chi connectivity index (χ2n) is 5.28. The molecular formula is C16H21N3O3S. The summed E-state index contributed by atoms with van der Waals surface area (Å²) in [5.41, 5.74) is 1.01. The maximum absolute atomic E-state index is 12.0. The third kappa shape index (κ3) is 5.59. The Balaban J connectivity index is 1.81. The van der Waals surface area contributed by atoms with Gasteiger partial charge >= 0.3 is 0 Å². The van der Waals surface area contributed by atoms with Gasteiger partial charge in [0.15, 0.2) is 5.82 Å². The molecule has 124 valence electrons. The summed E-state index contributed by atoms with van der Waals surface area (Å²) in [6.07, 6.45) is 1.61. The molecule has 7 heteroatoms. The Hall–Kier alpha value is -2.02. The first kappa shape index (κ1) is 17.3. The van der Waals surface area contributed by atoms with Gasteiger partial charge in [0.05, 0.1) is 11.8 Å². The van der Waals surface area contributed by atoms with Gasteiger partial charge in [-0.25, -0.2) is 0 Å². The molecule has 0 unspecified atom stereocenters. The van der Waals surface area contributed by atoms with Crippen molar-refractivity contribution in [3.63, 3.8) is 0 Å². The van der Waals surface area contributed by atoms with E-state index in [1.807, 2.05) is 44.2 Å². The highest BCUT2D eigenvalue weighted by Gasteiger charge is 2.15. The normalized spacial score (nSPS) is 13.5. The molecule has 6 nitrogen and oxygen atoms in total. The summed E-state index contributed by atoms with van der Waals surface area (Å²) in [5, 5.41) is 6.62. The molecule has 0 aliphatic rings. The lowest BCUT2D eigenvalue weighted by molar-refractivity contribution is -0.119. The highest BCUT2D eigenvalue weighted by molar-refractivity contribution is 7.84. The largest absolute Gasteiger partial charge is 0.349 e. The van der Waals surface area contributed by atoms with Gasteiger partial charge < -0.3 is 9.84 Å². The minimum atomic E-state index is -1.36. The second kappa shape index (κ2) is 8.57. The van der Waals surface area contributed by atoms with Crippen LogP contribution in [0, 0.1) is 0 Å². The first-order valence-corrected chi connectivity index (χ1v) is 9.08. The van der Waals surface area contributed by atoms with E-state index in [-0.39, 0.29) is 23.5 Å². The van der Waals surface area contributed by atoms with Crippen LogP contribution in [0.3, 0.4) is 0 Å². The first-order valence-electron chi connectivity index (χ1n) is 7.59. The van der Waals surface area contributed by atoms with E-state index in [2.05, 4.69) is 15.5 Å². The summed E-state index contributed by atoms with van der Waals surface area (Å²) in [4.78, 5) is 16.1. The van der Waals surface area contributed by atoms with Crippen molar-refractivity contribution in [2.75, 3.05) is 5.75 Å². The second-order valence-corrected chi connectivity index (χ2v) is 6.74. The van der Waals surface area contributed by atoms with Crippen LogP contribution in [0.1, 0.15) is 43.6 Å². The number of hydrogen-bond acceptors (Lipinski definition) is 5. The molecule has 1 aromatic carbocycles. The van der Waals surface area contributed by atoms with Crippen LogP contribution in [0.4, 0.5) is 0 Å². The Kier molecular flexibility index (Phi) is 6.46. The average Bonchev–Trinajstić information content (AvgIpc) is 2.95. The predicted octanol–water partition coefficient (Wildman–Crippen LogP) is 2.15. The summed E-state index contributed by atoms with van der Waals surface area (Å²) in [7, 11) is -1.36. The van der Waals surface area contributed by atoms with Crippen molar-refractivity contribution >= 4 is 16.7 Å². The number of benzene rings is 1. The number of nitrogens with zero attached hydrogens (tertiary/aromatic N) is 2. The van der Waals surface area contributed by atoms with E-state index in [0.29, 0.717) is 18.1 Å². The molecule has 0 aliphatic carbocycles. The van der Waals surface area contributed by atoms with Crippen LogP contribution in [-0.2, 0) is 27.8 Å². The van der Waals surface area contributed by atoms with Crippen molar-refractivity contribution in [3.8, 4) is 0 Å². The lowest BCUT2D eigenvalue weighted by Crippen LogP contribution is -2.31. The third-order valence-electron chi connectivity index (χ3n) is 3.23. The zero-order chi connectivity index (χ0) is 16.7. The fourth-order valence-corrected chi connectivity index (χ4v) is 3.00. The van der Waals surface area contributed by atoms with Crippen molar-refractivity contribution in [3.05, 3.63) is 47.6 Å². The number of carbonyl (C=O) groups excluding carboxylic acids is 1. The summed E-state index contributed by atoms with van der Waals surface area (Å²) in [6.45, 7) is 3.91. The van der Waals surface area contributed by atoms with Gasteiger partial charge in [0.2, 0.25) is 11.8 Å². The number of nitrogens with one attached hydrogen (secondary N) is 1. The Bertz CT molecular complexity index is 658. The van der Waals surface area contributed by atoms with Gasteiger partial charge in [-0.1, -0.05) is 42.4 Å². The Morgan fingerprint density at radius 3 is 2.78 bits per heavy atom. The first-order chi connectivity index (χ1) is 11.1. The maximum Gasteiger partial charge on any atom is 0.233 e. The van der Waals surface area contributed by atoms with Gasteiger partial charge in [-0.15, -0.1) is 0 Å². The molecule has 23 heavy (non-hydrogen) atoms. The van der Waals surface area contributed by atoms with Gasteiger partial charge in [-0.3, -0.25) is 9.00 Å². The molecule has 1 N–H and O–H groups in total. The molecule has 2 aromatic rings. The smallest absolute Gasteiger partial charge is 0.233 e. The highest BCUT2D eigenvalue weighted by atomic mass is 32.2. The van der Waals surface area contributed by atoms with E-state index in [1.54, 1.807) is 0 Å². The lowest BCUT2D eigenvalue weighted by Gasteiger charge is -2.13. The molecule has 2 atom stereocenters. The average molecular weight is 335 g/mol. The molecule has 0 radical (unpaired) electrons. The molecule has 2 rings (SSSR count). The van der Waals surface area contributed by atoms with Crippen LogP contribution < -0.4 is 5.32 Å². The lowest BCUT2D eigenvalue weighted by atomic mass is 10.1. The quantitative estimate of drug-likeness (QED) is 0.799. The zero-order valence-corrected chi connectivity index (χ0v) is 14.1. The molecule has 0 saturated carbocycles. The minimum absolute atomic E-state index is 0.0746. The van der Waals surface area contributed by atoms with E-state index in [4.69, 9.17) is 4.52 Å².